The lowest BCUT2D eigenvalue weighted by Gasteiger charge is -2.24. The number of aliphatic carboxylic acids is 1. The van der Waals surface area contributed by atoms with Gasteiger partial charge in [0.25, 0.3) is 5.91 Å². The average Bonchev–Trinajstić information content (AvgIpc) is 2.61. The molecular weight excluding hydrogens is 325 g/mol. The van der Waals surface area contributed by atoms with Crippen molar-refractivity contribution in [3.8, 4) is 16.9 Å². The van der Waals surface area contributed by atoms with Crippen molar-refractivity contribution < 1.29 is 23.8 Å². The van der Waals surface area contributed by atoms with E-state index in [1.54, 1.807) is 44.4 Å². The normalized spacial score (nSPS) is 13.0. The number of hydrogen-bond donors (Lipinski definition) is 2. The third kappa shape index (κ3) is 3.96. The molecule has 0 bridgehead atoms. The summed E-state index contributed by atoms with van der Waals surface area (Å²) >= 11 is 0. The zero-order valence-electron chi connectivity index (χ0n) is 14.3. The van der Waals surface area contributed by atoms with Crippen molar-refractivity contribution in [3.05, 3.63) is 53.8 Å². The van der Waals surface area contributed by atoms with Crippen LogP contribution in [0.4, 0.5) is 4.39 Å². The van der Waals surface area contributed by atoms with E-state index in [1.165, 1.54) is 19.1 Å². The number of hydrogen-bond acceptors (Lipinski definition) is 3. The highest BCUT2D eigenvalue weighted by Crippen LogP contribution is 2.24. The first-order valence-corrected chi connectivity index (χ1v) is 7.80. The third-order valence-corrected chi connectivity index (χ3v) is 4.21. The molecule has 0 aliphatic carbocycles. The van der Waals surface area contributed by atoms with Crippen molar-refractivity contribution in [2.24, 2.45) is 0 Å². The molecule has 6 heteroatoms. The number of benzene rings is 2. The van der Waals surface area contributed by atoms with Gasteiger partial charge < -0.3 is 15.2 Å². The quantitative estimate of drug-likeness (QED) is 0.840. The Labute approximate surface area is 145 Å². The number of carbonyl (C=O) groups is 2. The SMILES string of the molecule is CCC(C)(NC(=O)c1ccc(-c2ccc(OC)cc2)cc1F)C(=O)O. The topological polar surface area (TPSA) is 75.6 Å². The van der Waals surface area contributed by atoms with E-state index in [0.29, 0.717) is 11.3 Å². The zero-order valence-corrected chi connectivity index (χ0v) is 14.3. The lowest BCUT2D eigenvalue weighted by molar-refractivity contribution is -0.143. The number of halogens is 1. The number of amides is 1. The molecule has 0 aliphatic rings. The highest BCUT2D eigenvalue weighted by molar-refractivity contribution is 5.98. The molecule has 1 atom stereocenters. The fraction of sp³-hybridized carbons (Fsp3) is 0.263. The summed E-state index contributed by atoms with van der Waals surface area (Å²) in [5.41, 5.74) is -0.264. The molecule has 5 nitrogen and oxygen atoms in total. The van der Waals surface area contributed by atoms with Gasteiger partial charge in [0, 0.05) is 0 Å². The zero-order chi connectivity index (χ0) is 18.6. The Hall–Kier alpha value is -2.89. The number of carboxylic acids is 1. The van der Waals surface area contributed by atoms with Crippen LogP contribution in [0.1, 0.15) is 30.6 Å². The Balaban J connectivity index is 2.26. The predicted octanol–water partition coefficient (Wildman–Crippen LogP) is 3.48. The van der Waals surface area contributed by atoms with Crippen LogP contribution in [0.25, 0.3) is 11.1 Å². The molecule has 2 aromatic rings. The van der Waals surface area contributed by atoms with Gasteiger partial charge in [-0.15, -0.1) is 0 Å². The van der Waals surface area contributed by atoms with Gasteiger partial charge in [0.2, 0.25) is 0 Å². The van der Waals surface area contributed by atoms with Gasteiger partial charge in [0.05, 0.1) is 12.7 Å². The summed E-state index contributed by atoms with van der Waals surface area (Å²) < 4.78 is 19.5. The van der Waals surface area contributed by atoms with Crippen molar-refractivity contribution in [2.45, 2.75) is 25.8 Å². The minimum absolute atomic E-state index is 0.180. The molecule has 0 aromatic heterocycles. The van der Waals surface area contributed by atoms with Crippen molar-refractivity contribution in [3.63, 3.8) is 0 Å². The molecule has 0 heterocycles. The minimum atomic E-state index is -1.45. The van der Waals surface area contributed by atoms with Gasteiger partial charge >= 0.3 is 5.97 Å². The molecule has 0 radical (unpaired) electrons. The van der Waals surface area contributed by atoms with E-state index >= 15 is 0 Å². The van der Waals surface area contributed by atoms with Gasteiger partial charge in [-0.1, -0.05) is 25.1 Å². The van der Waals surface area contributed by atoms with Crippen LogP contribution in [0.5, 0.6) is 5.75 Å². The summed E-state index contributed by atoms with van der Waals surface area (Å²) in [4.78, 5) is 23.5. The maximum absolute atomic E-state index is 14.4. The number of carbonyl (C=O) groups excluding carboxylic acids is 1. The number of rotatable bonds is 6. The van der Waals surface area contributed by atoms with Gasteiger partial charge in [0.1, 0.15) is 17.1 Å². The molecule has 0 fully saturated rings. The first-order valence-electron chi connectivity index (χ1n) is 7.80. The largest absolute Gasteiger partial charge is 0.497 e. The summed E-state index contributed by atoms with van der Waals surface area (Å²) in [6.07, 6.45) is 0.180. The Morgan fingerprint density at radius 2 is 1.76 bits per heavy atom. The number of nitrogens with one attached hydrogen (secondary N) is 1. The van der Waals surface area contributed by atoms with E-state index in [9.17, 15) is 19.1 Å². The fourth-order valence-electron chi connectivity index (χ4n) is 2.27. The Bertz CT molecular complexity index is 789. The lowest BCUT2D eigenvalue weighted by atomic mass is 9.98. The summed E-state index contributed by atoms with van der Waals surface area (Å²) in [6.45, 7) is 3.02. The number of methoxy groups -OCH3 is 1. The smallest absolute Gasteiger partial charge is 0.329 e. The predicted molar refractivity (Wildman–Crippen MR) is 92.2 cm³/mol. The van der Waals surface area contributed by atoms with Gasteiger partial charge in [-0.05, 0) is 48.7 Å². The molecule has 1 unspecified atom stereocenters. The monoisotopic (exact) mass is 345 g/mol. The molecule has 25 heavy (non-hydrogen) atoms. The molecule has 2 rings (SSSR count). The van der Waals surface area contributed by atoms with Crippen LogP contribution in [0, 0.1) is 5.82 Å². The van der Waals surface area contributed by atoms with Crippen molar-refractivity contribution in [2.75, 3.05) is 7.11 Å². The van der Waals surface area contributed by atoms with Crippen molar-refractivity contribution >= 4 is 11.9 Å². The van der Waals surface area contributed by atoms with Crippen LogP contribution in [0.15, 0.2) is 42.5 Å². The maximum atomic E-state index is 14.4. The first-order chi connectivity index (χ1) is 11.8. The van der Waals surface area contributed by atoms with Gasteiger partial charge in [-0.2, -0.15) is 0 Å². The standard InChI is InChI=1S/C19H20FNO4/c1-4-19(2,18(23)24)21-17(22)15-10-7-13(11-16(15)20)12-5-8-14(25-3)9-6-12/h5-11H,4H2,1-3H3,(H,21,22)(H,23,24). The molecular formula is C19H20FNO4. The molecule has 0 aliphatic heterocycles. The average molecular weight is 345 g/mol. The van der Waals surface area contributed by atoms with E-state index in [0.717, 1.165) is 5.56 Å². The van der Waals surface area contributed by atoms with Crippen LogP contribution in [0.2, 0.25) is 0 Å². The summed E-state index contributed by atoms with van der Waals surface area (Å²) in [6, 6.07) is 11.3. The Morgan fingerprint density at radius 1 is 1.16 bits per heavy atom. The highest BCUT2D eigenvalue weighted by Gasteiger charge is 2.33. The van der Waals surface area contributed by atoms with Crippen molar-refractivity contribution in [1.82, 2.24) is 5.32 Å². The molecule has 0 spiro atoms. The number of ether oxygens (including phenoxy) is 1. The van der Waals surface area contributed by atoms with E-state index < -0.39 is 23.2 Å². The van der Waals surface area contributed by atoms with Crippen LogP contribution < -0.4 is 10.1 Å². The van der Waals surface area contributed by atoms with Crippen LogP contribution in [0.3, 0.4) is 0 Å². The summed E-state index contributed by atoms with van der Waals surface area (Å²) in [7, 11) is 1.56. The second-order valence-corrected chi connectivity index (χ2v) is 5.87. The summed E-state index contributed by atoms with van der Waals surface area (Å²) in [5.74, 6) is -1.95. The highest BCUT2D eigenvalue weighted by atomic mass is 19.1. The second-order valence-electron chi connectivity index (χ2n) is 5.87. The minimum Gasteiger partial charge on any atom is -0.497 e. The van der Waals surface area contributed by atoms with Crippen LogP contribution in [-0.4, -0.2) is 29.6 Å². The molecule has 0 saturated heterocycles. The van der Waals surface area contributed by atoms with Gasteiger partial charge in [-0.25, -0.2) is 9.18 Å². The van der Waals surface area contributed by atoms with E-state index in [4.69, 9.17) is 4.74 Å². The molecule has 2 aromatic carbocycles. The van der Waals surface area contributed by atoms with Gasteiger partial charge in [0.15, 0.2) is 0 Å². The molecule has 132 valence electrons. The first kappa shape index (κ1) is 18.4. The van der Waals surface area contributed by atoms with E-state index in [1.807, 2.05) is 0 Å². The maximum Gasteiger partial charge on any atom is 0.329 e. The molecule has 1 amide bonds. The van der Waals surface area contributed by atoms with Crippen LogP contribution in [-0.2, 0) is 4.79 Å². The van der Waals surface area contributed by atoms with Crippen molar-refractivity contribution in [1.29, 1.82) is 0 Å². The summed E-state index contributed by atoms with van der Waals surface area (Å²) in [5, 5.41) is 11.6. The fourth-order valence-corrected chi connectivity index (χ4v) is 2.27. The molecule has 2 N–H and O–H groups in total. The number of carboxylic acid groups (broad SMARTS) is 1. The lowest BCUT2D eigenvalue weighted by Crippen LogP contribution is -2.51. The Morgan fingerprint density at radius 3 is 2.24 bits per heavy atom. The van der Waals surface area contributed by atoms with Gasteiger partial charge in [-0.3, -0.25) is 4.79 Å². The third-order valence-electron chi connectivity index (χ3n) is 4.21. The second kappa shape index (κ2) is 7.34. The van der Waals surface area contributed by atoms with E-state index in [-0.39, 0.29) is 12.0 Å². The van der Waals surface area contributed by atoms with Crippen LogP contribution >= 0.6 is 0 Å². The molecule has 0 saturated carbocycles. The Kier molecular flexibility index (Phi) is 5.41. The van der Waals surface area contributed by atoms with E-state index in [2.05, 4.69) is 5.32 Å².